The molecule has 0 aliphatic carbocycles. The Morgan fingerprint density at radius 1 is 1.00 bits per heavy atom. The van der Waals surface area contributed by atoms with E-state index in [1.165, 1.54) is 31.2 Å². The first-order valence-electron chi connectivity index (χ1n) is 9.62. The molecule has 0 aliphatic heterocycles. The zero-order valence-corrected chi connectivity index (χ0v) is 17.2. The average molecular weight is 416 g/mol. The average Bonchev–Trinajstić information content (AvgIpc) is 2.75. The number of carbonyl (C=O) groups is 3. The van der Waals surface area contributed by atoms with Gasteiger partial charge >= 0.3 is 5.97 Å². The number of anilines is 1. The Kier molecular flexibility index (Phi) is 8.34. The Labute approximate surface area is 174 Å². The van der Waals surface area contributed by atoms with E-state index in [2.05, 4.69) is 5.32 Å². The highest BCUT2D eigenvalue weighted by Gasteiger charge is 2.18. The topological polar surface area (TPSA) is 84.9 Å². The summed E-state index contributed by atoms with van der Waals surface area (Å²) in [5.74, 6) is -1.44. The van der Waals surface area contributed by atoms with Crippen LogP contribution >= 0.6 is 0 Å². The normalized spacial score (nSPS) is 11.3. The lowest BCUT2D eigenvalue weighted by atomic mass is 10.2. The van der Waals surface area contributed by atoms with Gasteiger partial charge in [-0.25, -0.2) is 9.18 Å². The fraction of sp³-hybridized carbons (Fsp3) is 0.318. The number of carbonyl (C=O) groups excluding carboxylic acids is 3. The molecule has 0 heterocycles. The minimum absolute atomic E-state index is 0.0815. The van der Waals surface area contributed by atoms with Crippen molar-refractivity contribution in [2.75, 3.05) is 25.0 Å². The molecule has 8 heteroatoms. The Bertz CT molecular complexity index is 864. The van der Waals surface area contributed by atoms with E-state index in [9.17, 15) is 18.8 Å². The molecule has 1 N–H and O–H groups in total. The molecule has 2 amide bonds. The van der Waals surface area contributed by atoms with Gasteiger partial charge in [0.15, 0.2) is 12.7 Å². The molecule has 0 saturated carbocycles. The molecular formula is C22H25FN2O5. The Balaban J connectivity index is 1.81. The molecule has 30 heavy (non-hydrogen) atoms. The molecule has 0 unspecified atom stereocenters. The lowest BCUT2D eigenvalue weighted by molar-refractivity contribution is -0.153. The fourth-order valence-corrected chi connectivity index (χ4v) is 2.61. The third kappa shape index (κ3) is 6.58. The molecule has 0 saturated heterocycles. The van der Waals surface area contributed by atoms with E-state index in [4.69, 9.17) is 9.47 Å². The van der Waals surface area contributed by atoms with Gasteiger partial charge in [-0.3, -0.25) is 9.59 Å². The highest BCUT2D eigenvalue weighted by Crippen LogP contribution is 2.14. The van der Waals surface area contributed by atoms with Crippen LogP contribution in [0.2, 0.25) is 0 Å². The summed E-state index contributed by atoms with van der Waals surface area (Å²) in [5, 5.41) is 2.59. The minimum Gasteiger partial charge on any atom is -0.479 e. The Morgan fingerprint density at radius 2 is 1.60 bits per heavy atom. The van der Waals surface area contributed by atoms with Crippen molar-refractivity contribution in [2.24, 2.45) is 0 Å². The van der Waals surface area contributed by atoms with Crippen LogP contribution in [0.25, 0.3) is 0 Å². The van der Waals surface area contributed by atoms with Gasteiger partial charge in [0.05, 0.1) is 0 Å². The predicted octanol–water partition coefficient (Wildman–Crippen LogP) is 3.26. The van der Waals surface area contributed by atoms with E-state index in [0.717, 1.165) is 0 Å². The molecule has 0 aliphatic rings. The van der Waals surface area contributed by atoms with Crippen molar-refractivity contribution in [3.63, 3.8) is 0 Å². The van der Waals surface area contributed by atoms with Crippen LogP contribution in [0.4, 0.5) is 10.1 Å². The summed E-state index contributed by atoms with van der Waals surface area (Å²) in [6, 6.07) is 11.7. The van der Waals surface area contributed by atoms with Crippen molar-refractivity contribution in [3.8, 4) is 5.75 Å². The van der Waals surface area contributed by atoms with Crippen LogP contribution < -0.4 is 10.1 Å². The van der Waals surface area contributed by atoms with Crippen molar-refractivity contribution < 1.29 is 28.2 Å². The van der Waals surface area contributed by atoms with Crippen LogP contribution in [-0.4, -0.2) is 48.5 Å². The highest BCUT2D eigenvalue weighted by atomic mass is 19.1. The van der Waals surface area contributed by atoms with Gasteiger partial charge in [-0.1, -0.05) is 0 Å². The molecule has 1 atom stereocenters. The van der Waals surface area contributed by atoms with Gasteiger partial charge in [0.25, 0.3) is 11.8 Å². The number of rotatable bonds is 9. The van der Waals surface area contributed by atoms with Crippen molar-refractivity contribution >= 4 is 23.5 Å². The standard InChI is InChI=1S/C22H25FN2O5/c1-4-25(5-2)21(27)16-6-10-18(11-7-16)24-20(26)14-29-22(28)15(3)30-19-12-8-17(23)9-13-19/h6-13,15H,4-5,14H2,1-3H3,(H,24,26)/t15-/m0/s1. The first kappa shape index (κ1) is 22.9. The van der Waals surface area contributed by atoms with Crippen LogP contribution in [-0.2, 0) is 14.3 Å². The molecule has 2 aromatic rings. The number of nitrogens with one attached hydrogen (secondary N) is 1. The number of hydrogen-bond acceptors (Lipinski definition) is 5. The monoisotopic (exact) mass is 416 g/mol. The molecule has 2 rings (SSSR count). The maximum Gasteiger partial charge on any atom is 0.347 e. The molecular weight excluding hydrogens is 391 g/mol. The maximum absolute atomic E-state index is 12.9. The van der Waals surface area contributed by atoms with E-state index < -0.39 is 30.4 Å². The van der Waals surface area contributed by atoms with Crippen LogP contribution in [0.15, 0.2) is 48.5 Å². The first-order chi connectivity index (χ1) is 14.3. The number of benzene rings is 2. The summed E-state index contributed by atoms with van der Waals surface area (Å²) in [6.07, 6.45) is -0.964. The summed E-state index contributed by atoms with van der Waals surface area (Å²) < 4.78 is 23.2. The van der Waals surface area contributed by atoms with E-state index in [1.54, 1.807) is 29.2 Å². The van der Waals surface area contributed by atoms with Crippen molar-refractivity contribution in [1.29, 1.82) is 0 Å². The number of nitrogens with zero attached hydrogens (tertiary/aromatic N) is 1. The summed E-state index contributed by atoms with van der Waals surface area (Å²) >= 11 is 0. The number of esters is 1. The van der Waals surface area contributed by atoms with E-state index >= 15 is 0 Å². The van der Waals surface area contributed by atoms with Crippen LogP contribution in [0, 0.1) is 5.82 Å². The minimum atomic E-state index is -0.964. The third-order valence-electron chi connectivity index (χ3n) is 4.27. The Hall–Kier alpha value is -3.42. The van der Waals surface area contributed by atoms with E-state index in [1.807, 2.05) is 13.8 Å². The van der Waals surface area contributed by atoms with Crippen LogP contribution in [0.5, 0.6) is 5.75 Å². The Morgan fingerprint density at radius 3 is 2.17 bits per heavy atom. The van der Waals surface area contributed by atoms with Crippen molar-refractivity contribution in [3.05, 3.63) is 59.9 Å². The molecule has 0 radical (unpaired) electrons. The molecule has 0 aromatic heterocycles. The number of halogens is 1. The summed E-state index contributed by atoms with van der Waals surface area (Å²) in [6.45, 7) is 6.02. The molecule has 7 nitrogen and oxygen atoms in total. The van der Waals surface area contributed by atoms with Crippen molar-refractivity contribution in [2.45, 2.75) is 26.9 Å². The summed E-state index contributed by atoms with van der Waals surface area (Å²) in [4.78, 5) is 38.0. The van der Waals surface area contributed by atoms with E-state index in [-0.39, 0.29) is 5.91 Å². The highest BCUT2D eigenvalue weighted by molar-refractivity contribution is 5.96. The first-order valence-corrected chi connectivity index (χ1v) is 9.62. The number of amides is 2. The zero-order valence-electron chi connectivity index (χ0n) is 17.2. The third-order valence-corrected chi connectivity index (χ3v) is 4.27. The summed E-state index contributed by atoms with van der Waals surface area (Å²) in [5.41, 5.74) is 0.998. The molecule has 0 fully saturated rings. The fourth-order valence-electron chi connectivity index (χ4n) is 2.61. The van der Waals surface area contributed by atoms with Gasteiger partial charge in [0.1, 0.15) is 11.6 Å². The molecule has 2 aromatic carbocycles. The van der Waals surface area contributed by atoms with Gasteiger partial charge in [-0.05, 0) is 69.3 Å². The SMILES string of the molecule is CCN(CC)C(=O)c1ccc(NC(=O)COC(=O)[C@H](C)Oc2ccc(F)cc2)cc1. The van der Waals surface area contributed by atoms with Gasteiger partial charge in [0.2, 0.25) is 0 Å². The number of hydrogen-bond donors (Lipinski definition) is 1. The summed E-state index contributed by atoms with van der Waals surface area (Å²) in [7, 11) is 0. The van der Waals surface area contributed by atoms with Crippen molar-refractivity contribution in [1.82, 2.24) is 4.90 Å². The van der Waals surface area contributed by atoms with E-state index in [0.29, 0.717) is 30.1 Å². The quantitative estimate of drug-likeness (QED) is 0.635. The lowest BCUT2D eigenvalue weighted by Crippen LogP contribution is -2.30. The largest absolute Gasteiger partial charge is 0.479 e. The predicted molar refractivity (Wildman–Crippen MR) is 110 cm³/mol. The second kappa shape index (κ2) is 10.9. The lowest BCUT2D eigenvalue weighted by Gasteiger charge is -2.18. The smallest absolute Gasteiger partial charge is 0.347 e. The van der Waals surface area contributed by atoms with Crippen LogP contribution in [0.3, 0.4) is 0 Å². The van der Waals surface area contributed by atoms with Gasteiger partial charge < -0.3 is 19.7 Å². The van der Waals surface area contributed by atoms with Gasteiger partial charge in [0, 0.05) is 24.3 Å². The molecule has 160 valence electrons. The second-order valence-corrected chi connectivity index (χ2v) is 6.42. The second-order valence-electron chi connectivity index (χ2n) is 6.42. The van der Waals surface area contributed by atoms with Crippen LogP contribution in [0.1, 0.15) is 31.1 Å². The zero-order chi connectivity index (χ0) is 22.1. The molecule has 0 bridgehead atoms. The van der Waals surface area contributed by atoms with Gasteiger partial charge in [-0.2, -0.15) is 0 Å². The van der Waals surface area contributed by atoms with Gasteiger partial charge in [-0.15, -0.1) is 0 Å². The maximum atomic E-state index is 12.9. The number of ether oxygens (including phenoxy) is 2. The molecule has 0 spiro atoms.